The number of likely N-dealkylation sites (N-methyl/N-ethyl adjacent to an activating group) is 1. The number of likely N-dealkylation sites (tertiary alicyclic amines) is 2. The van der Waals surface area contributed by atoms with Gasteiger partial charge in [-0.3, -0.25) is 9.59 Å². The van der Waals surface area contributed by atoms with E-state index in [1.165, 1.54) is 16.9 Å². The van der Waals surface area contributed by atoms with Crippen LogP contribution in [0.15, 0.2) is 30.3 Å². The quantitative estimate of drug-likeness (QED) is 0.348. The van der Waals surface area contributed by atoms with Crippen molar-refractivity contribution in [2.45, 2.75) is 77.5 Å². The fourth-order valence-electron chi connectivity index (χ4n) is 7.03. The second-order valence-corrected chi connectivity index (χ2v) is 15.3. The molecule has 2 saturated heterocycles. The molecule has 0 radical (unpaired) electrons. The van der Waals surface area contributed by atoms with E-state index in [2.05, 4.69) is 47.3 Å². The second kappa shape index (κ2) is 13.4. The Hall–Kier alpha value is -2.92. The van der Waals surface area contributed by atoms with E-state index in [9.17, 15) is 9.59 Å². The van der Waals surface area contributed by atoms with Crippen molar-refractivity contribution in [3.8, 4) is 0 Å². The molecule has 3 aliphatic rings. The van der Waals surface area contributed by atoms with E-state index in [1.54, 1.807) is 7.11 Å². The molecule has 45 heavy (non-hydrogen) atoms. The molecule has 3 aromatic rings. The lowest BCUT2D eigenvalue weighted by Crippen LogP contribution is -2.57. The van der Waals surface area contributed by atoms with Gasteiger partial charge in [0.15, 0.2) is 5.01 Å². The average molecular weight is 633 g/mol. The summed E-state index contributed by atoms with van der Waals surface area (Å²) in [7, 11) is 3.83. The first-order valence-electron chi connectivity index (χ1n) is 16.5. The number of carbonyl (C=O) groups is 2. The Labute approximate surface area is 271 Å². The van der Waals surface area contributed by atoms with Crippen LogP contribution < -0.4 is 10.6 Å². The summed E-state index contributed by atoms with van der Waals surface area (Å²) >= 11 is 1.37. The van der Waals surface area contributed by atoms with E-state index in [0.29, 0.717) is 22.6 Å². The average Bonchev–Trinajstić information content (AvgIpc) is 3.43. The predicted molar refractivity (Wildman–Crippen MR) is 179 cm³/mol. The number of piperidine rings is 1. The van der Waals surface area contributed by atoms with Gasteiger partial charge in [0, 0.05) is 51.1 Å². The number of carbonyl (C=O) groups excluding carboxylic acids is 2. The first-order valence-corrected chi connectivity index (χ1v) is 17.3. The van der Waals surface area contributed by atoms with Crippen LogP contribution in [-0.2, 0) is 17.6 Å². The monoisotopic (exact) mass is 632 g/mol. The molecular weight excluding hydrogens is 584 g/mol. The zero-order valence-electron chi connectivity index (χ0n) is 27.4. The summed E-state index contributed by atoms with van der Waals surface area (Å²) in [4.78, 5) is 42.0. The Morgan fingerprint density at radius 3 is 2.58 bits per heavy atom. The van der Waals surface area contributed by atoms with Gasteiger partial charge in [-0.2, -0.15) is 0 Å². The van der Waals surface area contributed by atoms with Crippen molar-refractivity contribution in [3.05, 3.63) is 57.7 Å². The van der Waals surface area contributed by atoms with Crippen molar-refractivity contribution < 1.29 is 14.3 Å². The highest BCUT2D eigenvalue weighted by Gasteiger charge is 2.31. The minimum Gasteiger partial charge on any atom is -0.381 e. The van der Waals surface area contributed by atoms with Gasteiger partial charge in [-0.1, -0.05) is 44.2 Å². The summed E-state index contributed by atoms with van der Waals surface area (Å²) in [5, 5.41) is 6.86. The molecule has 2 atom stereocenters. The van der Waals surface area contributed by atoms with Crippen molar-refractivity contribution >= 4 is 33.5 Å². The van der Waals surface area contributed by atoms with E-state index in [1.807, 2.05) is 31.3 Å². The number of aryl methyl sites for hydroxylation is 1. The second-order valence-electron chi connectivity index (χ2n) is 14.4. The van der Waals surface area contributed by atoms with Gasteiger partial charge < -0.3 is 25.2 Å². The van der Waals surface area contributed by atoms with Crippen LogP contribution in [0.2, 0.25) is 0 Å². The number of ether oxygens (including phenoxy) is 1. The number of pyridine rings is 1. The van der Waals surface area contributed by atoms with Crippen LogP contribution in [0.1, 0.15) is 89.5 Å². The maximum Gasteiger partial charge on any atom is 0.280 e. The molecule has 0 bridgehead atoms. The van der Waals surface area contributed by atoms with Crippen molar-refractivity contribution in [2.75, 3.05) is 46.9 Å². The van der Waals surface area contributed by atoms with Crippen LogP contribution in [0, 0.1) is 11.3 Å². The number of benzene rings is 1. The van der Waals surface area contributed by atoms with Gasteiger partial charge in [0.2, 0.25) is 0 Å². The predicted octanol–water partition coefficient (Wildman–Crippen LogP) is 4.86. The van der Waals surface area contributed by atoms with E-state index < -0.39 is 0 Å². The molecule has 2 aromatic heterocycles. The highest BCUT2D eigenvalue weighted by molar-refractivity contribution is 7.19. The molecule has 0 saturated carbocycles. The number of fused-ring (bicyclic) bond motifs is 2. The number of nitrogens with zero attached hydrogens (tertiary/aromatic N) is 4. The third-order valence-corrected chi connectivity index (χ3v) is 11.0. The maximum absolute atomic E-state index is 13.8. The van der Waals surface area contributed by atoms with Crippen LogP contribution in [0.25, 0.3) is 10.3 Å². The third kappa shape index (κ3) is 7.56. The zero-order valence-corrected chi connectivity index (χ0v) is 28.2. The molecule has 1 aromatic carbocycles. The fourth-order valence-corrected chi connectivity index (χ4v) is 7.87. The Morgan fingerprint density at radius 2 is 1.87 bits per heavy atom. The first kappa shape index (κ1) is 32.0. The van der Waals surface area contributed by atoms with Gasteiger partial charge in [-0.05, 0) is 86.2 Å². The Morgan fingerprint density at radius 1 is 1.09 bits per heavy atom. The molecular formula is C35H48N6O3S. The molecule has 2 amide bonds. The Kier molecular flexibility index (Phi) is 9.57. The SMILES string of the molecule is COC1CCN(CC[C@@H](NC(=O)c2nc3cc4c(nc3s2)CC[C@H](C(C)(C)C)C4)c2cccc(C(=O)NC3CN(C)C3)c2)CC1. The molecule has 2 N–H and O–H groups in total. The molecule has 6 rings (SSSR count). The van der Waals surface area contributed by atoms with Gasteiger partial charge in [-0.15, -0.1) is 0 Å². The van der Waals surface area contributed by atoms with Crippen LogP contribution in [0.5, 0.6) is 0 Å². The van der Waals surface area contributed by atoms with E-state index in [4.69, 9.17) is 14.7 Å². The molecule has 2 fully saturated rings. The van der Waals surface area contributed by atoms with Gasteiger partial charge in [0.25, 0.3) is 11.8 Å². The molecule has 0 spiro atoms. The van der Waals surface area contributed by atoms with Crippen LogP contribution >= 0.6 is 11.3 Å². The highest BCUT2D eigenvalue weighted by atomic mass is 32.1. The first-order chi connectivity index (χ1) is 21.6. The number of hydrogen-bond donors (Lipinski definition) is 2. The van der Waals surface area contributed by atoms with E-state index >= 15 is 0 Å². The van der Waals surface area contributed by atoms with Gasteiger partial charge >= 0.3 is 0 Å². The van der Waals surface area contributed by atoms with Crippen LogP contribution in [-0.4, -0.2) is 90.6 Å². The van der Waals surface area contributed by atoms with Crippen molar-refractivity contribution in [3.63, 3.8) is 0 Å². The molecule has 1 aliphatic carbocycles. The minimum atomic E-state index is -0.263. The zero-order chi connectivity index (χ0) is 31.7. The number of methoxy groups -OCH3 is 1. The van der Waals surface area contributed by atoms with Gasteiger partial charge in [-0.25, -0.2) is 9.97 Å². The smallest absolute Gasteiger partial charge is 0.280 e. The lowest BCUT2D eigenvalue weighted by molar-refractivity contribution is 0.0400. The largest absolute Gasteiger partial charge is 0.381 e. The summed E-state index contributed by atoms with van der Waals surface area (Å²) in [5.74, 6) is 0.343. The molecule has 242 valence electrons. The van der Waals surface area contributed by atoms with E-state index in [-0.39, 0.29) is 29.3 Å². The van der Waals surface area contributed by atoms with Crippen LogP contribution in [0.4, 0.5) is 0 Å². The Balaban J connectivity index is 1.19. The summed E-state index contributed by atoms with van der Waals surface area (Å²) in [6, 6.07) is 9.77. The summed E-state index contributed by atoms with van der Waals surface area (Å²) in [6.07, 6.45) is 6.19. The number of nitrogens with one attached hydrogen (secondary N) is 2. The normalized spacial score (nSPS) is 20.9. The molecule has 10 heteroatoms. The third-order valence-electron chi connectivity index (χ3n) is 10.0. The van der Waals surface area contributed by atoms with Crippen molar-refractivity contribution in [1.82, 2.24) is 30.4 Å². The lowest BCUT2D eigenvalue weighted by Gasteiger charge is -2.36. The molecule has 2 aliphatic heterocycles. The van der Waals surface area contributed by atoms with Crippen molar-refractivity contribution in [1.29, 1.82) is 0 Å². The maximum atomic E-state index is 13.8. The number of thiazole rings is 1. The minimum absolute atomic E-state index is 0.0726. The van der Waals surface area contributed by atoms with Gasteiger partial charge in [0.05, 0.1) is 18.2 Å². The number of rotatable bonds is 9. The van der Waals surface area contributed by atoms with E-state index in [0.717, 1.165) is 92.9 Å². The summed E-state index contributed by atoms with van der Waals surface area (Å²) in [6.45, 7) is 11.5. The molecule has 0 unspecified atom stereocenters. The lowest BCUT2D eigenvalue weighted by atomic mass is 9.71. The highest BCUT2D eigenvalue weighted by Crippen LogP contribution is 2.38. The number of amides is 2. The fraction of sp³-hybridized carbons (Fsp3) is 0.600. The standard InChI is InChI=1S/C35H48N6O3S/c1-35(2,3)25-9-10-28-24(18-25)19-30-33(38-28)45-34(39-30)32(43)37-29(13-16-41-14-11-27(44-5)12-15-41)22-7-6-8-23(17-22)31(42)36-26-20-40(4)21-26/h6-8,17,19,25-27,29H,9-16,18,20-21H2,1-5H3,(H,36,42)(H,37,43)/t25-,29+/m0/s1. The summed E-state index contributed by atoms with van der Waals surface area (Å²) in [5.41, 5.74) is 5.01. The number of hydrogen-bond acceptors (Lipinski definition) is 8. The van der Waals surface area contributed by atoms with Gasteiger partial charge in [0.1, 0.15) is 10.3 Å². The number of aromatic nitrogens is 2. The van der Waals surface area contributed by atoms with Crippen LogP contribution in [0.3, 0.4) is 0 Å². The summed E-state index contributed by atoms with van der Waals surface area (Å²) < 4.78 is 5.56. The Bertz CT molecular complexity index is 1520. The molecule has 9 nitrogen and oxygen atoms in total. The molecule has 4 heterocycles. The van der Waals surface area contributed by atoms with Crippen molar-refractivity contribution in [2.24, 2.45) is 11.3 Å². The topological polar surface area (TPSA) is 99.7 Å².